The smallest absolute Gasteiger partial charge is 0.410 e. The van der Waals surface area contributed by atoms with Gasteiger partial charge in [0.2, 0.25) is 0 Å². The molecule has 32 heavy (non-hydrogen) atoms. The number of alkyl carbamates (subject to hydrolysis) is 1. The predicted octanol–water partition coefficient (Wildman–Crippen LogP) is 4.43. The van der Waals surface area contributed by atoms with E-state index in [0.717, 1.165) is 22.3 Å². The van der Waals surface area contributed by atoms with Crippen molar-refractivity contribution in [3.05, 3.63) is 59.7 Å². The monoisotopic (exact) mass is 433 g/mol. The molecule has 166 valence electrons. The van der Waals surface area contributed by atoms with Crippen molar-refractivity contribution in [2.24, 2.45) is 0 Å². The molecule has 1 heterocycles. The van der Waals surface area contributed by atoms with E-state index in [1.54, 1.807) is 20.8 Å². The van der Waals surface area contributed by atoms with Gasteiger partial charge in [0.25, 0.3) is 0 Å². The molecular weight excluding hydrogens is 406 g/mol. The summed E-state index contributed by atoms with van der Waals surface area (Å²) in [4.78, 5) is 26.4. The molecule has 1 aliphatic carbocycles. The topological polar surface area (TPSA) is 91.7 Å². The molecule has 7 nitrogen and oxygen atoms in total. The number of ether oxygens (including phenoxy) is 2. The second kappa shape index (κ2) is 8.19. The van der Waals surface area contributed by atoms with Crippen molar-refractivity contribution in [2.75, 3.05) is 19.7 Å². The second-order valence-electron chi connectivity index (χ2n) is 9.30. The number of rotatable bonds is 3. The van der Waals surface area contributed by atoms with Gasteiger partial charge in [-0.2, -0.15) is 5.26 Å². The van der Waals surface area contributed by atoms with Crippen LogP contribution in [0.5, 0.6) is 0 Å². The minimum absolute atomic E-state index is 0.0581. The molecular formula is C25H27N3O4. The van der Waals surface area contributed by atoms with E-state index in [1.165, 1.54) is 4.90 Å². The molecule has 0 saturated carbocycles. The lowest BCUT2D eigenvalue weighted by molar-refractivity contribution is 0.0284. The third-order valence-electron chi connectivity index (χ3n) is 5.82. The maximum Gasteiger partial charge on any atom is 0.410 e. The normalized spacial score (nSPS) is 19.6. The van der Waals surface area contributed by atoms with Crippen LogP contribution in [0.15, 0.2) is 48.5 Å². The zero-order valence-corrected chi connectivity index (χ0v) is 18.6. The molecule has 2 aromatic rings. The predicted molar refractivity (Wildman–Crippen MR) is 119 cm³/mol. The Balaban J connectivity index is 1.40. The van der Waals surface area contributed by atoms with Crippen LogP contribution in [0.4, 0.5) is 9.59 Å². The first-order valence-electron chi connectivity index (χ1n) is 10.7. The van der Waals surface area contributed by atoms with Gasteiger partial charge in [-0.1, -0.05) is 48.5 Å². The molecule has 0 spiro atoms. The number of nitrogens with one attached hydrogen (secondary N) is 1. The van der Waals surface area contributed by atoms with Crippen molar-refractivity contribution in [2.45, 2.75) is 44.2 Å². The summed E-state index contributed by atoms with van der Waals surface area (Å²) in [7, 11) is 0. The summed E-state index contributed by atoms with van der Waals surface area (Å²) in [6.07, 6.45) is -0.851. The number of amides is 2. The highest BCUT2D eigenvalue weighted by Gasteiger charge is 2.43. The number of fused-ring (bicyclic) bond motifs is 3. The molecule has 0 aromatic heterocycles. The molecule has 1 fully saturated rings. The molecule has 7 heteroatoms. The summed E-state index contributed by atoms with van der Waals surface area (Å²) >= 11 is 0. The Kier molecular flexibility index (Phi) is 5.55. The van der Waals surface area contributed by atoms with Gasteiger partial charge in [0.15, 0.2) is 0 Å². The zero-order chi connectivity index (χ0) is 22.9. The average molecular weight is 434 g/mol. The first kappa shape index (κ1) is 21.7. The highest BCUT2D eigenvalue weighted by molar-refractivity contribution is 5.79. The third kappa shape index (κ3) is 4.26. The van der Waals surface area contributed by atoms with E-state index in [0.29, 0.717) is 13.0 Å². The van der Waals surface area contributed by atoms with E-state index in [4.69, 9.17) is 9.47 Å². The Bertz CT molecular complexity index is 1040. The number of hydrogen-bond acceptors (Lipinski definition) is 5. The van der Waals surface area contributed by atoms with Crippen LogP contribution in [0, 0.1) is 11.3 Å². The van der Waals surface area contributed by atoms with Gasteiger partial charge in [-0.05, 0) is 43.0 Å². The molecule has 0 radical (unpaired) electrons. The van der Waals surface area contributed by atoms with Gasteiger partial charge >= 0.3 is 12.2 Å². The fourth-order valence-electron chi connectivity index (χ4n) is 4.34. The van der Waals surface area contributed by atoms with E-state index in [1.807, 2.05) is 36.4 Å². The van der Waals surface area contributed by atoms with Crippen LogP contribution in [0.25, 0.3) is 11.1 Å². The van der Waals surface area contributed by atoms with E-state index in [-0.39, 0.29) is 19.1 Å². The lowest BCUT2D eigenvalue weighted by atomic mass is 9.98. The highest BCUT2D eigenvalue weighted by atomic mass is 16.6. The van der Waals surface area contributed by atoms with Crippen LogP contribution in [0.1, 0.15) is 44.2 Å². The number of benzene rings is 2. The molecule has 0 unspecified atom stereocenters. The SMILES string of the molecule is CC(C)(C)OC(=O)N1CC[C@](C#N)(NC(=O)OCC2c3ccccc3-c3ccccc32)C1. The number of carbonyl (C=O) groups is 2. The van der Waals surface area contributed by atoms with Crippen LogP contribution in [0.2, 0.25) is 0 Å². The maximum absolute atomic E-state index is 12.6. The van der Waals surface area contributed by atoms with Crippen molar-refractivity contribution >= 4 is 12.2 Å². The number of carbonyl (C=O) groups excluding carboxylic acids is 2. The molecule has 1 aliphatic heterocycles. The van der Waals surface area contributed by atoms with Crippen molar-refractivity contribution in [1.82, 2.24) is 10.2 Å². The average Bonchev–Trinajstić information content (AvgIpc) is 3.31. The summed E-state index contributed by atoms with van der Waals surface area (Å²) in [6.45, 7) is 5.90. The minimum Gasteiger partial charge on any atom is -0.449 e. The summed E-state index contributed by atoms with van der Waals surface area (Å²) in [5, 5.41) is 12.4. The number of nitrogens with zero attached hydrogens (tertiary/aromatic N) is 2. The number of hydrogen-bond donors (Lipinski definition) is 1. The zero-order valence-electron chi connectivity index (χ0n) is 18.6. The van der Waals surface area contributed by atoms with Gasteiger partial charge in [0.05, 0.1) is 12.6 Å². The molecule has 1 atom stereocenters. The van der Waals surface area contributed by atoms with Crippen molar-refractivity contribution < 1.29 is 19.1 Å². The molecule has 1 N–H and O–H groups in total. The number of likely N-dealkylation sites (tertiary alicyclic amines) is 1. The molecule has 2 aliphatic rings. The Morgan fingerprint density at radius 1 is 1.12 bits per heavy atom. The van der Waals surface area contributed by atoms with Crippen LogP contribution in [-0.4, -0.2) is 47.9 Å². The van der Waals surface area contributed by atoms with Gasteiger partial charge < -0.3 is 19.7 Å². The molecule has 2 aromatic carbocycles. The maximum atomic E-state index is 12.6. The third-order valence-corrected chi connectivity index (χ3v) is 5.82. The second-order valence-corrected chi connectivity index (χ2v) is 9.30. The molecule has 1 saturated heterocycles. The molecule has 2 amide bonds. The largest absolute Gasteiger partial charge is 0.449 e. The molecule has 4 rings (SSSR count). The van der Waals surface area contributed by atoms with Gasteiger partial charge in [0.1, 0.15) is 17.7 Å². The fourth-order valence-corrected chi connectivity index (χ4v) is 4.34. The standard InChI is InChI=1S/C25H27N3O4/c1-24(2,3)32-23(30)28-13-12-25(15-26,16-28)27-22(29)31-14-21-19-10-6-4-8-17(19)18-9-5-7-11-20(18)21/h4-11,21H,12-14,16H2,1-3H3,(H,27,29)/t25-/m1/s1. The van der Waals surface area contributed by atoms with Crippen molar-refractivity contribution in [3.8, 4) is 17.2 Å². The fraction of sp³-hybridized carbons (Fsp3) is 0.400. The van der Waals surface area contributed by atoms with Gasteiger partial charge in [-0.25, -0.2) is 9.59 Å². The highest BCUT2D eigenvalue weighted by Crippen LogP contribution is 2.44. The Morgan fingerprint density at radius 3 is 2.28 bits per heavy atom. The van der Waals surface area contributed by atoms with Crippen LogP contribution < -0.4 is 5.32 Å². The first-order valence-corrected chi connectivity index (χ1v) is 10.7. The van der Waals surface area contributed by atoms with E-state index in [2.05, 4.69) is 23.5 Å². The van der Waals surface area contributed by atoms with Crippen LogP contribution in [-0.2, 0) is 9.47 Å². The summed E-state index contributed by atoms with van der Waals surface area (Å²) in [6, 6.07) is 18.4. The Labute approximate surface area is 187 Å². The minimum atomic E-state index is -1.19. The quantitative estimate of drug-likeness (QED) is 0.773. The lowest BCUT2D eigenvalue weighted by Gasteiger charge is -2.26. The number of nitriles is 1. The van der Waals surface area contributed by atoms with E-state index in [9.17, 15) is 14.9 Å². The van der Waals surface area contributed by atoms with Crippen LogP contribution >= 0.6 is 0 Å². The van der Waals surface area contributed by atoms with E-state index >= 15 is 0 Å². The molecule has 0 bridgehead atoms. The Hall–Kier alpha value is -3.53. The first-order chi connectivity index (χ1) is 15.2. The Morgan fingerprint density at radius 2 is 1.72 bits per heavy atom. The van der Waals surface area contributed by atoms with Crippen LogP contribution in [0.3, 0.4) is 0 Å². The van der Waals surface area contributed by atoms with Crippen molar-refractivity contribution in [1.29, 1.82) is 5.26 Å². The summed E-state index contributed by atoms with van der Waals surface area (Å²) in [5.41, 5.74) is 2.71. The summed E-state index contributed by atoms with van der Waals surface area (Å²) in [5.74, 6) is -0.0620. The summed E-state index contributed by atoms with van der Waals surface area (Å²) < 4.78 is 10.9. The van der Waals surface area contributed by atoms with Gasteiger partial charge in [0, 0.05) is 18.9 Å². The van der Waals surface area contributed by atoms with Gasteiger partial charge in [-0.15, -0.1) is 0 Å². The lowest BCUT2D eigenvalue weighted by Crippen LogP contribution is -2.50. The van der Waals surface area contributed by atoms with Crippen molar-refractivity contribution in [3.63, 3.8) is 0 Å². The van der Waals surface area contributed by atoms with E-state index < -0.39 is 23.3 Å². The van der Waals surface area contributed by atoms with Gasteiger partial charge in [-0.3, -0.25) is 0 Å².